The fourth-order valence-electron chi connectivity index (χ4n) is 0.653. The second-order valence-corrected chi connectivity index (χ2v) is 1.90. The third kappa shape index (κ3) is 1.69. The molecule has 5 heteroatoms. The monoisotopic (exact) mass is 173 g/mol. The molecule has 0 aliphatic carbocycles. The first kappa shape index (κ1) is 8.45. The maximum atomic E-state index is 12.6. The lowest BCUT2D eigenvalue weighted by Crippen LogP contribution is -2.03. The molecule has 63 valence electrons. The second kappa shape index (κ2) is 3.17. The Labute approximate surface area is 66.2 Å². The van der Waals surface area contributed by atoms with E-state index in [0.29, 0.717) is 0 Å². The third-order valence-electron chi connectivity index (χ3n) is 1.11. The molecule has 0 aliphatic heterocycles. The summed E-state index contributed by atoms with van der Waals surface area (Å²) < 4.78 is 28.7. The highest BCUT2D eigenvalue weighted by molar-refractivity contribution is 5.60. The van der Waals surface area contributed by atoms with Gasteiger partial charge in [0.15, 0.2) is 11.6 Å². The van der Waals surface area contributed by atoms with Gasteiger partial charge in [-0.3, -0.25) is 0 Å². The highest BCUT2D eigenvalue weighted by atomic mass is 19.2. The van der Waals surface area contributed by atoms with Crippen molar-refractivity contribution in [2.45, 2.75) is 0 Å². The predicted octanol–water partition coefficient (Wildman–Crippen LogP) is 1.89. The molecule has 0 amide bonds. The predicted molar refractivity (Wildman–Crippen MR) is 33.1 cm³/mol. The lowest BCUT2D eigenvalue weighted by molar-refractivity contribution is 0.115. The lowest BCUT2D eigenvalue weighted by atomic mass is 10.3. The van der Waals surface area contributed by atoms with Crippen LogP contribution in [0.3, 0.4) is 0 Å². The van der Waals surface area contributed by atoms with Crippen LogP contribution < -0.4 is 4.74 Å². The molecule has 0 aromatic heterocycles. The normalized spacial score (nSPS) is 9.50. The number of carbonyl (C=O) groups excluding carboxylic acids is 1. The van der Waals surface area contributed by atoms with Gasteiger partial charge in [-0.2, -0.15) is 14.3 Å². The zero-order valence-electron chi connectivity index (χ0n) is 5.71. The summed E-state index contributed by atoms with van der Waals surface area (Å²) in [5.74, 6) is -3.22. The van der Waals surface area contributed by atoms with Crippen LogP contribution in [0.2, 0.25) is 0 Å². The fourth-order valence-corrected chi connectivity index (χ4v) is 0.653. The van der Waals surface area contributed by atoms with Gasteiger partial charge in [0, 0.05) is 0 Å². The first-order valence-corrected chi connectivity index (χ1v) is 2.94. The Morgan fingerprint density at radius 2 is 2.00 bits per heavy atom. The Morgan fingerprint density at radius 3 is 2.58 bits per heavy atom. The number of rotatable bonds is 1. The van der Waals surface area contributed by atoms with E-state index >= 15 is 0 Å². The van der Waals surface area contributed by atoms with E-state index in [1.807, 2.05) is 0 Å². The molecule has 0 fully saturated rings. The molecular weight excluding hydrogens is 170 g/mol. The second-order valence-electron chi connectivity index (χ2n) is 1.90. The van der Waals surface area contributed by atoms with Crippen LogP contribution in [0.5, 0.6) is 5.75 Å². The minimum Gasteiger partial charge on any atom is -0.389 e. The maximum Gasteiger partial charge on any atom is 0.555 e. The number of benzene rings is 1. The van der Waals surface area contributed by atoms with Gasteiger partial charge >= 0.3 is 6.16 Å². The molecule has 1 aromatic carbocycles. The van der Waals surface area contributed by atoms with E-state index in [1.165, 1.54) is 0 Å². The van der Waals surface area contributed by atoms with Crippen LogP contribution in [0.4, 0.5) is 13.6 Å². The number of halogens is 2. The number of carbonyl (C=O) groups is 1. The van der Waals surface area contributed by atoms with Crippen molar-refractivity contribution in [1.82, 2.24) is 0 Å². The van der Waals surface area contributed by atoms with Crippen LogP contribution in [-0.4, -0.2) is 6.16 Å². The minimum absolute atomic E-state index is 0.699. The van der Waals surface area contributed by atoms with Crippen LogP contribution >= 0.6 is 0 Å². The van der Waals surface area contributed by atoms with Crippen molar-refractivity contribution in [1.29, 1.82) is 0 Å². The van der Waals surface area contributed by atoms with Crippen molar-refractivity contribution in [3.05, 3.63) is 29.8 Å². The molecule has 0 atom stereocenters. The van der Waals surface area contributed by atoms with Gasteiger partial charge in [-0.25, -0.2) is 4.39 Å². The summed E-state index contributed by atoms with van der Waals surface area (Å²) in [6, 6.07) is 2.95. The Kier molecular flexibility index (Phi) is 2.23. The van der Waals surface area contributed by atoms with Crippen LogP contribution in [0, 0.1) is 11.6 Å². The van der Waals surface area contributed by atoms with E-state index in [4.69, 9.17) is 0 Å². The summed E-state index contributed by atoms with van der Waals surface area (Å²) >= 11 is 0. The zero-order valence-corrected chi connectivity index (χ0v) is 5.71. The molecule has 12 heavy (non-hydrogen) atoms. The van der Waals surface area contributed by atoms with Crippen molar-refractivity contribution >= 4 is 6.16 Å². The van der Waals surface area contributed by atoms with Crippen molar-refractivity contribution in [2.24, 2.45) is 0 Å². The summed E-state index contributed by atoms with van der Waals surface area (Å²) in [5, 5.41) is 9.81. The standard InChI is InChI=1S/C7H3F2O3/c8-4-2-1-3-5(6(4)9)12-7(10)11/h1-3H. The molecular formula is C7H3F2O3. The van der Waals surface area contributed by atoms with Gasteiger partial charge < -0.3 is 4.74 Å². The molecule has 1 rings (SSSR count). The largest absolute Gasteiger partial charge is 0.555 e. The van der Waals surface area contributed by atoms with Crippen LogP contribution in [-0.2, 0) is 5.11 Å². The van der Waals surface area contributed by atoms with E-state index in [1.54, 1.807) is 0 Å². The number of hydrogen-bond donors (Lipinski definition) is 0. The smallest absolute Gasteiger partial charge is 0.389 e. The van der Waals surface area contributed by atoms with Crippen molar-refractivity contribution in [3.8, 4) is 5.75 Å². The Bertz CT molecular complexity index is 312. The summed E-state index contributed by atoms with van der Waals surface area (Å²) in [4.78, 5) is 9.81. The summed E-state index contributed by atoms with van der Waals surface area (Å²) in [6.45, 7) is 0. The first-order valence-electron chi connectivity index (χ1n) is 2.94. The van der Waals surface area contributed by atoms with Gasteiger partial charge in [0.2, 0.25) is 5.82 Å². The third-order valence-corrected chi connectivity index (χ3v) is 1.11. The Hall–Kier alpha value is -1.65. The van der Waals surface area contributed by atoms with Gasteiger partial charge in [-0.15, -0.1) is 0 Å². The Balaban J connectivity index is 3.00. The molecule has 0 aliphatic rings. The van der Waals surface area contributed by atoms with Crippen molar-refractivity contribution in [3.63, 3.8) is 0 Å². The minimum atomic E-state index is -1.93. The zero-order chi connectivity index (χ0) is 9.14. The van der Waals surface area contributed by atoms with Crippen molar-refractivity contribution in [2.75, 3.05) is 0 Å². The maximum absolute atomic E-state index is 12.6. The highest BCUT2D eigenvalue weighted by Crippen LogP contribution is 2.18. The summed E-state index contributed by atoms with van der Waals surface area (Å²) in [7, 11) is 0. The van der Waals surface area contributed by atoms with Gasteiger partial charge in [-0.05, 0) is 12.1 Å². The molecule has 0 N–H and O–H groups in total. The molecule has 0 heterocycles. The number of hydrogen-bond acceptors (Lipinski definition) is 2. The van der Waals surface area contributed by atoms with E-state index in [-0.39, 0.29) is 0 Å². The van der Waals surface area contributed by atoms with Crippen LogP contribution in [0.1, 0.15) is 0 Å². The van der Waals surface area contributed by atoms with Crippen LogP contribution in [0.15, 0.2) is 18.2 Å². The number of ether oxygens (including phenoxy) is 1. The molecule has 1 radical (unpaired) electrons. The molecule has 0 saturated carbocycles. The lowest BCUT2D eigenvalue weighted by Gasteiger charge is -1.99. The quantitative estimate of drug-likeness (QED) is 0.480. The Morgan fingerprint density at radius 1 is 1.33 bits per heavy atom. The summed E-state index contributed by atoms with van der Waals surface area (Å²) in [5.41, 5.74) is 0. The first-order chi connectivity index (χ1) is 5.61. The highest BCUT2D eigenvalue weighted by Gasteiger charge is 2.12. The topological polar surface area (TPSA) is 46.2 Å². The molecule has 0 spiro atoms. The molecule has 0 unspecified atom stereocenters. The molecule has 1 aromatic rings. The van der Waals surface area contributed by atoms with Crippen LogP contribution in [0.25, 0.3) is 0 Å². The van der Waals surface area contributed by atoms with E-state index in [0.717, 1.165) is 18.2 Å². The molecule has 0 saturated heterocycles. The average Bonchev–Trinajstić information content (AvgIpc) is 1.98. The van der Waals surface area contributed by atoms with E-state index < -0.39 is 23.5 Å². The SMILES string of the molecule is [O]C(=O)Oc1cccc(F)c1F. The molecule has 0 bridgehead atoms. The van der Waals surface area contributed by atoms with E-state index in [2.05, 4.69) is 4.74 Å². The van der Waals surface area contributed by atoms with Gasteiger partial charge in [0.25, 0.3) is 0 Å². The van der Waals surface area contributed by atoms with Crippen molar-refractivity contribution < 1.29 is 23.4 Å². The van der Waals surface area contributed by atoms with Gasteiger partial charge in [0.05, 0.1) is 0 Å². The fraction of sp³-hybridized carbons (Fsp3) is 0. The van der Waals surface area contributed by atoms with E-state index in [9.17, 15) is 18.7 Å². The molecule has 3 nitrogen and oxygen atoms in total. The average molecular weight is 173 g/mol. The summed E-state index contributed by atoms with van der Waals surface area (Å²) in [6.07, 6.45) is -1.93. The van der Waals surface area contributed by atoms with Gasteiger partial charge in [-0.1, -0.05) is 6.07 Å². The van der Waals surface area contributed by atoms with Gasteiger partial charge in [0.1, 0.15) is 0 Å².